The largest absolute Gasteiger partial charge is 0.368 e. The molecule has 1 fully saturated rings. The Hall–Kier alpha value is -2.04. The van der Waals surface area contributed by atoms with E-state index in [1.165, 1.54) is 5.56 Å². The summed E-state index contributed by atoms with van der Waals surface area (Å²) in [5, 5.41) is 0.808. The number of anilines is 1. The van der Waals surface area contributed by atoms with Crippen LogP contribution in [0.15, 0.2) is 48.5 Å². The van der Waals surface area contributed by atoms with Crippen LogP contribution in [0.5, 0.6) is 0 Å². The molecular weight excluding hydrogens is 310 g/mol. The lowest BCUT2D eigenvalue weighted by atomic mass is 10.1. The molecule has 4 nitrogen and oxygen atoms in total. The van der Waals surface area contributed by atoms with Gasteiger partial charge in [-0.25, -0.2) is 0 Å². The molecule has 0 spiro atoms. The van der Waals surface area contributed by atoms with Crippen molar-refractivity contribution in [1.29, 1.82) is 0 Å². The summed E-state index contributed by atoms with van der Waals surface area (Å²) < 4.78 is 0. The maximum Gasteiger partial charge on any atom is 0.248 e. The number of carbonyl (C=O) groups excluding carboxylic acids is 1. The molecule has 1 aliphatic heterocycles. The monoisotopic (exact) mass is 329 g/mol. The van der Waals surface area contributed by atoms with E-state index in [1.54, 1.807) is 12.1 Å². The molecule has 0 aromatic heterocycles. The van der Waals surface area contributed by atoms with E-state index in [2.05, 4.69) is 15.9 Å². The third-order valence-electron chi connectivity index (χ3n) is 4.21. The lowest BCUT2D eigenvalue weighted by molar-refractivity contribution is 0.100. The third kappa shape index (κ3) is 3.84. The average Bonchev–Trinajstić information content (AvgIpc) is 2.57. The lowest BCUT2D eigenvalue weighted by Gasteiger charge is -2.36. The van der Waals surface area contributed by atoms with E-state index in [-0.39, 0.29) is 5.91 Å². The van der Waals surface area contributed by atoms with Crippen molar-refractivity contribution >= 4 is 23.2 Å². The van der Waals surface area contributed by atoms with Crippen molar-refractivity contribution in [2.45, 2.75) is 6.54 Å². The van der Waals surface area contributed by atoms with E-state index in [4.69, 9.17) is 17.3 Å². The van der Waals surface area contributed by atoms with Crippen molar-refractivity contribution < 1.29 is 4.79 Å². The number of hydrogen-bond acceptors (Lipinski definition) is 3. The highest BCUT2D eigenvalue weighted by atomic mass is 35.5. The fourth-order valence-corrected chi connectivity index (χ4v) is 3.14. The van der Waals surface area contributed by atoms with E-state index in [0.717, 1.165) is 43.4 Å². The van der Waals surface area contributed by atoms with Crippen molar-refractivity contribution in [3.8, 4) is 0 Å². The maximum absolute atomic E-state index is 11.1. The zero-order chi connectivity index (χ0) is 16.2. The van der Waals surface area contributed by atoms with Crippen LogP contribution in [0.2, 0.25) is 5.02 Å². The fourth-order valence-electron chi connectivity index (χ4n) is 2.89. The Morgan fingerprint density at radius 3 is 2.26 bits per heavy atom. The molecule has 0 atom stereocenters. The van der Waals surface area contributed by atoms with Gasteiger partial charge in [0.15, 0.2) is 0 Å². The number of nitrogens with two attached hydrogens (primary N) is 1. The molecule has 0 radical (unpaired) electrons. The molecule has 1 saturated heterocycles. The molecule has 23 heavy (non-hydrogen) atoms. The number of benzene rings is 2. The zero-order valence-corrected chi connectivity index (χ0v) is 13.7. The van der Waals surface area contributed by atoms with Gasteiger partial charge in [0.2, 0.25) is 5.91 Å². The number of rotatable bonds is 4. The van der Waals surface area contributed by atoms with E-state index >= 15 is 0 Å². The fraction of sp³-hybridized carbons (Fsp3) is 0.278. The van der Waals surface area contributed by atoms with Gasteiger partial charge >= 0.3 is 0 Å². The molecule has 1 aliphatic rings. The number of piperazine rings is 1. The maximum atomic E-state index is 11.1. The molecule has 0 unspecified atom stereocenters. The van der Waals surface area contributed by atoms with Crippen LogP contribution in [-0.4, -0.2) is 37.0 Å². The molecule has 1 heterocycles. The van der Waals surface area contributed by atoms with Crippen molar-refractivity contribution in [3.05, 3.63) is 64.7 Å². The molecule has 3 rings (SSSR count). The smallest absolute Gasteiger partial charge is 0.248 e. The normalized spacial score (nSPS) is 15.6. The molecule has 1 amide bonds. The van der Waals surface area contributed by atoms with Crippen LogP contribution in [0.1, 0.15) is 15.9 Å². The van der Waals surface area contributed by atoms with Crippen molar-refractivity contribution in [3.63, 3.8) is 0 Å². The Morgan fingerprint density at radius 2 is 1.65 bits per heavy atom. The van der Waals surface area contributed by atoms with Crippen molar-refractivity contribution in [1.82, 2.24) is 4.90 Å². The first-order valence-corrected chi connectivity index (χ1v) is 8.12. The second kappa shape index (κ2) is 7.02. The summed E-state index contributed by atoms with van der Waals surface area (Å²) in [5.74, 6) is -0.384. The highest BCUT2D eigenvalue weighted by Gasteiger charge is 2.18. The molecule has 2 aromatic carbocycles. The number of primary amides is 1. The minimum Gasteiger partial charge on any atom is -0.368 e. The summed E-state index contributed by atoms with van der Waals surface area (Å²) in [7, 11) is 0. The number of para-hydroxylation sites is 1. The Labute approximate surface area is 141 Å². The predicted octanol–water partition coefficient (Wildman–Crippen LogP) is 2.76. The first-order valence-electron chi connectivity index (χ1n) is 7.74. The van der Waals surface area contributed by atoms with Crippen LogP contribution in [-0.2, 0) is 6.54 Å². The molecule has 0 aliphatic carbocycles. The first-order chi connectivity index (χ1) is 11.1. The van der Waals surface area contributed by atoms with Crippen LogP contribution >= 0.6 is 11.6 Å². The molecule has 120 valence electrons. The minimum absolute atomic E-state index is 0.384. The molecule has 5 heteroatoms. The van der Waals surface area contributed by atoms with Gasteiger partial charge in [-0.2, -0.15) is 0 Å². The van der Waals surface area contributed by atoms with Gasteiger partial charge in [-0.05, 0) is 29.8 Å². The Kier molecular flexibility index (Phi) is 4.84. The highest BCUT2D eigenvalue weighted by Crippen LogP contribution is 2.26. The summed E-state index contributed by atoms with van der Waals surface area (Å²) in [6, 6.07) is 15.5. The second-order valence-corrected chi connectivity index (χ2v) is 6.18. The van der Waals surface area contributed by atoms with Crippen LogP contribution < -0.4 is 10.6 Å². The van der Waals surface area contributed by atoms with Gasteiger partial charge in [0.05, 0.1) is 10.7 Å². The first kappa shape index (κ1) is 15.8. The van der Waals surface area contributed by atoms with Crippen molar-refractivity contribution in [2.24, 2.45) is 5.73 Å². The van der Waals surface area contributed by atoms with Gasteiger partial charge in [-0.1, -0.05) is 35.9 Å². The Bertz CT molecular complexity index is 679. The zero-order valence-electron chi connectivity index (χ0n) is 12.9. The van der Waals surface area contributed by atoms with Gasteiger partial charge in [0.1, 0.15) is 0 Å². The summed E-state index contributed by atoms with van der Waals surface area (Å²) in [5.41, 5.74) is 8.12. The van der Waals surface area contributed by atoms with Crippen molar-refractivity contribution in [2.75, 3.05) is 31.1 Å². The summed E-state index contributed by atoms with van der Waals surface area (Å²) in [6.45, 7) is 4.78. The minimum atomic E-state index is -0.384. The van der Waals surface area contributed by atoms with Crippen LogP contribution in [0, 0.1) is 0 Å². The van der Waals surface area contributed by atoms with Crippen LogP contribution in [0.25, 0.3) is 0 Å². The summed E-state index contributed by atoms with van der Waals surface area (Å²) >= 11 is 6.27. The number of hydrogen-bond donors (Lipinski definition) is 1. The quantitative estimate of drug-likeness (QED) is 0.938. The van der Waals surface area contributed by atoms with Gasteiger partial charge in [-0.3, -0.25) is 9.69 Å². The predicted molar refractivity (Wildman–Crippen MR) is 93.9 cm³/mol. The van der Waals surface area contributed by atoms with Crippen LogP contribution in [0.3, 0.4) is 0 Å². The average molecular weight is 330 g/mol. The van der Waals surface area contributed by atoms with E-state index in [1.807, 2.05) is 30.3 Å². The molecule has 0 saturated carbocycles. The summed E-state index contributed by atoms with van der Waals surface area (Å²) in [4.78, 5) is 15.8. The number of amides is 1. The standard InChI is InChI=1S/C18H20ClN3O/c19-16-3-1-2-4-17(16)22-11-9-21(10-12-22)13-14-5-7-15(8-6-14)18(20)23/h1-8H,9-13H2,(H2,20,23). The van der Waals surface area contributed by atoms with Gasteiger partial charge in [0.25, 0.3) is 0 Å². The number of nitrogens with zero attached hydrogens (tertiary/aromatic N) is 2. The molecule has 0 bridgehead atoms. The number of carbonyl (C=O) groups is 1. The van der Waals surface area contributed by atoms with Gasteiger partial charge in [-0.15, -0.1) is 0 Å². The van der Waals surface area contributed by atoms with Gasteiger partial charge < -0.3 is 10.6 Å². The van der Waals surface area contributed by atoms with E-state index < -0.39 is 0 Å². The summed E-state index contributed by atoms with van der Waals surface area (Å²) in [6.07, 6.45) is 0. The topological polar surface area (TPSA) is 49.6 Å². The number of halogens is 1. The SMILES string of the molecule is NC(=O)c1ccc(CN2CCN(c3ccccc3Cl)CC2)cc1. The second-order valence-electron chi connectivity index (χ2n) is 5.78. The van der Waals surface area contributed by atoms with Gasteiger partial charge in [0, 0.05) is 38.3 Å². The Balaban J connectivity index is 1.57. The Morgan fingerprint density at radius 1 is 1.00 bits per heavy atom. The third-order valence-corrected chi connectivity index (χ3v) is 4.53. The van der Waals surface area contributed by atoms with Crippen LogP contribution in [0.4, 0.5) is 5.69 Å². The molecule has 2 aromatic rings. The highest BCUT2D eigenvalue weighted by molar-refractivity contribution is 6.33. The molecule has 2 N–H and O–H groups in total. The lowest BCUT2D eigenvalue weighted by Crippen LogP contribution is -2.46. The van der Waals surface area contributed by atoms with E-state index in [9.17, 15) is 4.79 Å². The van der Waals surface area contributed by atoms with E-state index in [0.29, 0.717) is 5.56 Å². The molecular formula is C18H20ClN3O.